The second kappa shape index (κ2) is 3.61. The smallest absolute Gasteiger partial charge is 0.0376 e. The normalized spacial score (nSPS) is 18.8. The van der Waals surface area contributed by atoms with Gasteiger partial charge in [0, 0.05) is 31.0 Å². The van der Waals surface area contributed by atoms with Crippen LogP contribution >= 0.6 is 0 Å². The molecule has 2 aliphatic heterocycles. The largest absolute Gasteiger partial charge is 0.385 e. The molecule has 2 heteroatoms. The number of anilines is 2. The van der Waals surface area contributed by atoms with Gasteiger partial charge in [-0.2, -0.15) is 0 Å². The van der Waals surface area contributed by atoms with E-state index in [9.17, 15) is 0 Å². The second-order valence-corrected chi connectivity index (χ2v) is 4.25. The molecule has 2 heterocycles. The van der Waals surface area contributed by atoms with Crippen LogP contribution in [0.1, 0.15) is 12.0 Å². The quantitative estimate of drug-likeness (QED) is 0.700. The van der Waals surface area contributed by atoms with E-state index < -0.39 is 0 Å². The van der Waals surface area contributed by atoms with Crippen molar-refractivity contribution in [2.45, 2.75) is 12.8 Å². The van der Waals surface area contributed by atoms with E-state index in [1.54, 1.807) is 0 Å². The van der Waals surface area contributed by atoms with Crippen LogP contribution in [0.4, 0.5) is 11.4 Å². The molecule has 0 radical (unpaired) electrons. The zero-order valence-electron chi connectivity index (χ0n) is 8.87. The van der Waals surface area contributed by atoms with E-state index in [1.165, 1.54) is 29.8 Å². The number of fused-ring (bicyclic) bond motifs is 1. The second-order valence-electron chi connectivity index (χ2n) is 4.25. The first-order chi connectivity index (χ1) is 7.43. The van der Waals surface area contributed by atoms with Gasteiger partial charge in [-0.15, -0.1) is 0 Å². The van der Waals surface area contributed by atoms with Crippen LogP contribution < -0.4 is 10.2 Å². The molecule has 1 aromatic rings. The molecule has 3 rings (SSSR count). The zero-order chi connectivity index (χ0) is 10.1. The molecule has 0 aliphatic carbocycles. The number of aryl methyl sites for hydroxylation is 1. The van der Waals surface area contributed by atoms with Crippen molar-refractivity contribution in [1.29, 1.82) is 0 Å². The van der Waals surface area contributed by atoms with E-state index in [-0.39, 0.29) is 0 Å². The average molecular weight is 200 g/mol. The van der Waals surface area contributed by atoms with Crippen molar-refractivity contribution < 1.29 is 0 Å². The highest BCUT2D eigenvalue weighted by atomic mass is 15.1. The van der Waals surface area contributed by atoms with Crippen LogP contribution in [0.2, 0.25) is 0 Å². The first-order valence-electron chi connectivity index (χ1n) is 5.70. The lowest BCUT2D eigenvalue weighted by molar-refractivity contribution is 0.828. The van der Waals surface area contributed by atoms with Crippen molar-refractivity contribution >= 4 is 11.4 Å². The first-order valence-corrected chi connectivity index (χ1v) is 5.70. The molecule has 0 unspecified atom stereocenters. The molecule has 0 bridgehead atoms. The van der Waals surface area contributed by atoms with Gasteiger partial charge in [0.2, 0.25) is 0 Å². The Morgan fingerprint density at radius 3 is 2.87 bits per heavy atom. The minimum Gasteiger partial charge on any atom is -0.385 e. The lowest BCUT2D eigenvalue weighted by Gasteiger charge is -2.23. The van der Waals surface area contributed by atoms with Crippen LogP contribution in [0, 0.1) is 0 Å². The SMILES string of the molecule is C1=CCN(c2ccc3c(c2)CCCN3)C1. The molecule has 0 saturated heterocycles. The summed E-state index contributed by atoms with van der Waals surface area (Å²) in [6.45, 7) is 3.25. The van der Waals surface area contributed by atoms with Gasteiger partial charge < -0.3 is 10.2 Å². The number of benzene rings is 1. The van der Waals surface area contributed by atoms with Gasteiger partial charge in [0.05, 0.1) is 0 Å². The maximum Gasteiger partial charge on any atom is 0.0376 e. The van der Waals surface area contributed by atoms with Crippen LogP contribution in [-0.2, 0) is 6.42 Å². The fourth-order valence-corrected chi connectivity index (χ4v) is 2.35. The molecule has 2 aliphatic rings. The van der Waals surface area contributed by atoms with Crippen molar-refractivity contribution in [1.82, 2.24) is 0 Å². The third-order valence-corrected chi connectivity index (χ3v) is 3.21. The molecule has 1 aromatic carbocycles. The van der Waals surface area contributed by atoms with Gasteiger partial charge in [0.15, 0.2) is 0 Å². The molecule has 0 fully saturated rings. The zero-order valence-corrected chi connectivity index (χ0v) is 8.87. The van der Waals surface area contributed by atoms with Crippen molar-refractivity contribution in [3.05, 3.63) is 35.9 Å². The lowest BCUT2D eigenvalue weighted by Crippen LogP contribution is -2.19. The molecule has 2 nitrogen and oxygen atoms in total. The first kappa shape index (κ1) is 8.84. The Morgan fingerprint density at radius 2 is 2.00 bits per heavy atom. The minimum absolute atomic E-state index is 1.06. The third kappa shape index (κ3) is 1.60. The molecular formula is C13H16N2. The maximum absolute atomic E-state index is 3.45. The molecule has 0 aromatic heterocycles. The van der Waals surface area contributed by atoms with Crippen molar-refractivity contribution in [2.24, 2.45) is 0 Å². The number of hydrogen-bond donors (Lipinski definition) is 1. The molecule has 78 valence electrons. The van der Waals surface area contributed by atoms with E-state index in [0.717, 1.165) is 19.6 Å². The van der Waals surface area contributed by atoms with Gasteiger partial charge in [-0.25, -0.2) is 0 Å². The van der Waals surface area contributed by atoms with Crippen molar-refractivity contribution in [2.75, 3.05) is 29.9 Å². The van der Waals surface area contributed by atoms with Crippen LogP contribution in [0.5, 0.6) is 0 Å². The number of nitrogens with one attached hydrogen (secondary N) is 1. The van der Waals surface area contributed by atoms with E-state index in [2.05, 4.69) is 40.6 Å². The summed E-state index contributed by atoms with van der Waals surface area (Å²) in [5.41, 5.74) is 4.17. The Kier molecular flexibility index (Phi) is 2.13. The Hall–Kier alpha value is -1.44. The number of rotatable bonds is 1. The van der Waals surface area contributed by atoms with E-state index in [4.69, 9.17) is 0 Å². The van der Waals surface area contributed by atoms with Crippen LogP contribution in [0.3, 0.4) is 0 Å². The summed E-state index contributed by atoms with van der Waals surface area (Å²) in [5, 5.41) is 3.45. The molecule has 0 atom stereocenters. The monoisotopic (exact) mass is 200 g/mol. The molecule has 0 saturated carbocycles. The van der Waals surface area contributed by atoms with Gasteiger partial charge >= 0.3 is 0 Å². The Bertz CT molecular complexity index is 388. The topological polar surface area (TPSA) is 15.3 Å². The van der Waals surface area contributed by atoms with Gasteiger partial charge in [-0.3, -0.25) is 0 Å². The minimum atomic E-state index is 1.06. The van der Waals surface area contributed by atoms with Gasteiger partial charge in [0.1, 0.15) is 0 Å². The predicted molar refractivity (Wildman–Crippen MR) is 64.6 cm³/mol. The average Bonchev–Trinajstić information content (AvgIpc) is 2.82. The van der Waals surface area contributed by atoms with Gasteiger partial charge in [-0.1, -0.05) is 12.2 Å². The third-order valence-electron chi connectivity index (χ3n) is 3.21. The van der Waals surface area contributed by atoms with E-state index >= 15 is 0 Å². The van der Waals surface area contributed by atoms with Crippen molar-refractivity contribution in [3.8, 4) is 0 Å². The summed E-state index contributed by atoms with van der Waals surface area (Å²) >= 11 is 0. The van der Waals surface area contributed by atoms with Crippen molar-refractivity contribution in [3.63, 3.8) is 0 Å². The molecule has 1 N–H and O–H groups in total. The standard InChI is InChI=1S/C13H16N2/c1-2-9-15(8-1)12-5-6-13-11(10-12)4-3-7-14-13/h1-2,5-6,10,14H,3-4,7-9H2. The maximum atomic E-state index is 3.45. The molecule has 0 amide bonds. The Morgan fingerprint density at radius 1 is 1.13 bits per heavy atom. The van der Waals surface area contributed by atoms with Crippen LogP contribution in [-0.4, -0.2) is 19.6 Å². The van der Waals surface area contributed by atoms with E-state index in [0.29, 0.717) is 0 Å². The lowest BCUT2D eigenvalue weighted by atomic mass is 10.0. The fourth-order valence-electron chi connectivity index (χ4n) is 2.35. The molecule has 0 spiro atoms. The summed E-state index contributed by atoms with van der Waals surface area (Å²) in [6, 6.07) is 6.79. The number of nitrogens with zero attached hydrogens (tertiary/aromatic N) is 1. The van der Waals surface area contributed by atoms with Gasteiger partial charge in [0.25, 0.3) is 0 Å². The van der Waals surface area contributed by atoms with Crippen LogP contribution in [0.15, 0.2) is 30.4 Å². The summed E-state index contributed by atoms with van der Waals surface area (Å²) in [5.74, 6) is 0. The number of hydrogen-bond acceptors (Lipinski definition) is 2. The molecular weight excluding hydrogens is 184 g/mol. The summed E-state index contributed by atoms with van der Waals surface area (Å²) in [7, 11) is 0. The Labute approximate surface area is 90.6 Å². The fraction of sp³-hybridized carbons (Fsp3) is 0.385. The van der Waals surface area contributed by atoms with Crippen LogP contribution in [0.25, 0.3) is 0 Å². The van der Waals surface area contributed by atoms with E-state index in [1.807, 2.05) is 0 Å². The highest BCUT2D eigenvalue weighted by Gasteiger charge is 2.12. The predicted octanol–water partition coefficient (Wildman–Crippen LogP) is 2.42. The summed E-state index contributed by atoms with van der Waals surface area (Å²) in [6.07, 6.45) is 6.95. The molecule has 15 heavy (non-hydrogen) atoms. The highest BCUT2D eigenvalue weighted by molar-refractivity contribution is 5.62. The Balaban J connectivity index is 1.90. The van der Waals surface area contributed by atoms with Gasteiger partial charge in [-0.05, 0) is 36.6 Å². The summed E-state index contributed by atoms with van der Waals surface area (Å²) < 4.78 is 0. The summed E-state index contributed by atoms with van der Waals surface area (Å²) in [4.78, 5) is 2.40. The highest BCUT2D eigenvalue weighted by Crippen LogP contribution is 2.27.